The lowest BCUT2D eigenvalue weighted by molar-refractivity contribution is 0.555. The van der Waals surface area contributed by atoms with Gasteiger partial charge in [-0.2, -0.15) is 0 Å². The highest BCUT2D eigenvalue weighted by Gasteiger charge is 2.12. The number of benzene rings is 2. The van der Waals surface area contributed by atoms with Gasteiger partial charge < -0.3 is 5.32 Å². The monoisotopic (exact) mass is 393 g/mol. The number of nitrogens with one attached hydrogen (secondary N) is 1. The van der Waals surface area contributed by atoms with E-state index >= 15 is 0 Å². The molecule has 0 amide bonds. The summed E-state index contributed by atoms with van der Waals surface area (Å²) in [4.78, 5) is 0. The third kappa shape index (κ3) is 3.30. The molecule has 0 aliphatic rings. The summed E-state index contributed by atoms with van der Waals surface area (Å²) in [7, 11) is 0. The zero-order valence-electron chi connectivity index (χ0n) is 9.48. The first kappa shape index (κ1) is 14.4. The van der Waals surface area contributed by atoms with E-state index in [1.165, 1.54) is 24.3 Å². The summed E-state index contributed by atoms with van der Waals surface area (Å²) >= 11 is 6.02. The highest BCUT2D eigenvalue weighted by Crippen LogP contribution is 2.24. The molecule has 0 spiro atoms. The molecule has 6 heteroatoms. The molecule has 1 nitrogen and oxygen atoms in total. The van der Waals surface area contributed by atoms with Crippen LogP contribution < -0.4 is 5.32 Å². The van der Waals surface area contributed by atoms with Crippen LogP contribution in [0.3, 0.4) is 0 Å². The van der Waals surface area contributed by atoms with Crippen molar-refractivity contribution in [2.45, 2.75) is 6.54 Å². The van der Waals surface area contributed by atoms with Gasteiger partial charge in [-0.05, 0) is 62.2 Å². The van der Waals surface area contributed by atoms with Crippen molar-refractivity contribution >= 4 is 37.5 Å². The Morgan fingerprint density at radius 2 is 1.58 bits per heavy atom. The van der Waals surface area contributed by atoms with Crippen molar-refractivity contribution in [3.63, 3.8) is 0 Å². The van der Waals surface area contributed by atoms with Gasteiger partial charge in [0, 0.05) is 17.8 Å². The molecule has 0 aliphatic heterocycles. The van der Waals surface area contributed by atoms with Crippen molar-refractivity contribution in [1.82, 2.24) is 0 Å². The first-order chi connectivity index (χ1) is 8.99. The van der Waals surface area contributed by atoms with Gasteiger partial charge in [-0.15, -0.1) is 0 Å². The molecule has 0 unspecified atom stereocenters. The number of halogens is 5. The summed E-state index contributed by atoms with van der Waals surface area (Å²) in [6.07, 6.45) is 0. The van der Waals surface area contributed by atoms with Crippen LogP contribution in [-0.4, -0.2) is 0 Å². The summed E-state index contributed by atoms with van der Waals surface area (Å²) in [5.41, 5.74) is 0.345. The minimum Gasteiger partial charge on any atom is -0.381 e. The summed E-state index contributed by atoms with van der Waals surface area (Å²) in [6.45, 7) is -0.0713. The van der Waals surface area contributed by atoms with E-state index in [0.717, 1.165) is 0 Å². The number of hydrogen-bond donors (Lipinski definition) is 1. The Morgan fingerprint density at radius 3 is 2.26 bits per heavy atom. The number of anilines is 1. The maximum absolute atomic E-state index is 13.7. The number of hydrogen-bond acceptors (Lipinski definition) is 1. The largest absolute Gasteiger partial charge is 0.381 e. The highest BCUT2D eigenvalue weighted by atomic mass is 79.9. The van der Waals surface area contributed by atoms with Crippen LogP contribution in [0.1, 0.15) is 5.56 Å². The standard InChI is InChI=1S/C13H8Br2F3N/c14-9-2-1-7(5-12(9)17)19-6-8-11(16)4-3-10(15)13(8)18/h1-5,19H,6H2. The van der Waals surface area contributed by atoms with Crippen LogP contribution in [-0.2, 0) is 6.54 Å². The Kier molecular flexibility index (Phi) is 4.52. The van der Waals surface area contributed by atoms with E-state index in [2.05, 4.69) is 37.2 Å². The molecule has 0 heterocycles. The summed E-state index contributed by atoms with van der Waals surface area (Å²) in [5, 5.41) is 2.78. The summed E-state index contributed by atoms with van der Waals surface area (Å²) in [6, 6.07) is 6.85. The maximum atomic E-state index is 13.7. The molecule has 0 aromatic heterocycles. The topological polar surface area (TPSA) is 12.0 Å². The van der Waals surface area contributed by atoms with Crippen molar-refractivity contribution < 1.29 is 13.2 Å². The lowest BCUT2D eigenvalue weighted by Gasteiger charge is -2.10. The van der Waals surface area contributed by atoms with Crippen LogP contribution in [0.4, 0.5) is 18.9 Å². The van der Waals surface area contributed by atoms with Crippen molar-refractivity contribution in [1.29, 1.82) is 0 Å². The highest BCUT2D eigenvalue weighted by molar-refractivity contribution is 9.10. The van der Waals surface area contributed by atoms with E-state index < -0.39 is 17.5 Å². The van der Waals surface area contributed by atoms with Gasteiger partial charge in [0.05, 0.1) is 8.95 Å². The summed E-state index contributed by atoms with van der Waals surface area (Å²) in [5.74, 6) is -1.75. The van der Waals surface area contributed by atoms with E-state index in [0.29, 0.717) is 10.2 Å². The molecule has 0 fully saturated rings. The third-order valence-corrected chi connectivity index (χ3v) is 3.78. The predicted molar refractivity (Wildman–Crippen MR) is 75.5 cm³/mol. The van der Waals surface area contributed by atoms with Gasteiger partial charge in [-0.3, -0.25) is 0 Å². The fourth-order valence-electron chi connectivity index (χ4n) is 1.53. The normalized spacial score (nSPS) is 10.6. The van der Waals surface area contributed by atoms with Crippen LogP contribution in [0.2, 0.25) is 0 Å². The molecule has 2 aromatic rings. The quantitative estimate of drug-likeness (QED) is 0.702. The third-order valence-electron chi connectivity index (χ3n) is 2.53. The van der Waals surface area contributed by atoms with E-state index in [1.807, 2.05) is 0 Å². The van der Waals surface area contributed by atoms with Gasteiger partial charge in [-0.25, -0.2) is 13.2 Å². The fraction of sp³-hybridized carbons (Fsp3) is 0.0769. The minimum atomic E-state index is -0.662. The molecular formula is C13H8Br2F3N. The Bertz CT molecular complexity index is 617. The van der Waals surface area contributed by atoms with Crippen LogP contribution >= 0.6 is 31.9 Å². The van der Waals surface area contributed by atoms with E-state index in [1.54, 1.807) is 6.07 Å². The van der Waals surface area contributed by atoms with Gasteiger partial charge >= 0.3 is 0 Å². The fourth-order valence-corrected chi connectivity index (χ4v) is 2.15. The van der Waals surface area contributed by atoms with Gasteiger partial charge in [0.15, 0.2) is 0 Å². The average molecular weight is 395 g/mol. The Hall–Kier alpha value is -1.01. The van der Waals surface area contributed by atoms with Crippen LogP contribution in [0.25, 0.3) is 0 Å². The van der Waals surface area contributed by atoms with Crippen molar-refractivity contribution in [3.8, 4) is 0 Å². The smallest absolute Gasteiger partial charge is 0.145 e. The molecule has 1 N–H and O–H groups in total. The molecule has 100 valence electrons. The van der Waals surface area contributed by atoms with Gasteiger partial charge in [0.25, 0.3) is 0 Å². The van der Waals surface area contributed by atoms with Gasteiger partial charge in [-0.1, -0.05) is 0 Å². The second kappa shape index (κ2) is 5.96. The van der Waals surface area contributed by atoms with Crippen molar-refractivity contribution in [2.75, 3.05) is 5.32 Å². The molecule has 0 bridgehead atoms. The second-order valence-corrected chi connectivity index (χ2v) is 5.51. The molecule has 2 rings (SSSR count). The van der Waals surface area contributed by atoms with Crippen molar-refractivity contribution in [3.05, 3.63) is 62.3 Å². The predicted octanol–water partition coefficient (Wildman–Crippen LogP) is 5.24. The molecule has 2 aromatic carbocycles. The van der Waals surface area contributed by atoms with E-state index in [-0.39, 0.29) is 16.6 Å². The molecule has 0 atom stereocenters. The summed E-state index contributed by atoms with van der Waals surface area (Å²) < 4.78 is 41.0. The molecule has 19 heavy (non-hydrogen) atoms. The van der Waals surface area contributed by atoms with E-state index in [4.69, 9.17) is 0 Å². The zero-order chi connectivity index (χ0) is 14.0. The SMILES string of the molecule is Fc1cc(NCc2c(F)ccc(Br)c2F)ccc1Br. The Balaban J connectivity index is 2.19. The minimum absolute atomic E-state index is 0.0713. The van der Waals surface area contributed by atoms with E-state index in [9.17, 15) is 13.2 Å². The first-order valence-corrected chi connectivity index (χ1v) is 6.89. The van der Waals surface area contributed by atoms with Gasteiger partial charge in [0.1, 0.15) is 17.5 Å². The van der Waals surface area contributed by atoms with Crippen LogP contribution in [0.5, 0.6) is 0 Å². The molecule has 0 saturated carbocycles. The molecule has 0 saturated heterocycles. The molecular weight excluding hydrogens is 387 g/mol. The Morgan fingerprint density at radius 1 is 0.895 bits per heavy atom. The molecule has 0 aliphatic carbocycles. The lowest BCUT2D eigenvalue weighted by atomic mass is 10.2. The lowest BCUT2D eigenvalue weighted by Crippen LogP contribution is -2.05. The van der Waals surface area contributed by atoms with Crippen molar-refractivity contribution in [2.24, 2.45) is 0 Å². The average Bonchev–Trinajstić information content (AvgIpc) is 2.38. The van der Waals surface area contributed by atoms with Gasteiger partial charge in [0.2, 0.25) is 0 Å². The van der Waals surface area contributed by atoms with Crippen LogP contribution in [0.15, 0.2) is 39.3 Å². The first-order valence-electron chi connectivity index (χ1n) is 5.30. The Labute approximate surface area is 125 Å². The number of rotatable bonds is 3. The maximum Gasteiger partial charge on any atom is 0.145 e. The molecule has 0 radical (unpaired) electrons. The zero-order valence-corrected chi connectivity index (χ0v) is 12.7. The second-order valence-electron chi connectivity index (χ2n) is 3.80. The van der Waals surface area contributed by atoms with Crippen LogP contribution in [0, 0.1) is 17.5 Å².